The monoisotopic (exact) mass is 476 g/mol. The molecule has 0 N–H and O–H groups in total. The van der Waals surface area contributed by atoms with Crippen molar-refractivity contribution < 1.29 is 4.74 Å². The third kappa shape index (κ3) is 5.75. The summed E-state index contributed by atoms with van der Waals surface area (Å²) in [7, 11) is 0. The molecule has 0 bridgehead atoms. The molecule has 3 rings (SSSR count). The standard InChI is InChI=1S/C23H22ClIO/c24-23-17-22(14-13-20(23)9-5-15-25)26-21-10-4-8-19(16-21)12-11-18-6-2-1-3-7-18/h1-4,6-8,10,13-14,16-17H,5,9,11-12,15H2. The first-order valence-electron chi connectivity index (χ1n) is 8.90. The molecular weight excluding hydrogens is 455 g/mol. The summed E-state index contributed by atoms with van der Waals surface area (Å²) in [6.07, 6.45) is 4.18. The van der Waals surface area contributed by atoms with Crippen LogP contribution in [0.2, 0.25) is 5.02 Å². The second-order valence-corrected chi connectivity index (χ2v) is 7.77. The molecule has 0 fully saturated rings. The van der Waals surface area contributed by atoms with Gasteiger partial charge in [-0.3, -0.25) is 0 Å². The van der Waals surface area contributed by atoms with E-state index < -0.39 is 0 Å². The fraction of sp³-hybridized carbons (Fsp3) is 0.217. The van der Waals surface area contributed by atoms with Crippen molar-refractivity contribution in [3.8, 4) is 11.5 Å². The number of aryl methyl sites for hydroxylation is 3. The number of benzene rings is 3. The van der Waals surface area contributed by atoms with Gasteiger partial charge >= 0.3 is 0 Å². The molecule has 0 spiro atoms. The molecule has 0 radical (unpaired) electrons. The smallest absolute Gasteiger partial charge is 0.128 e. The van der Waals surface area contributed by atoms with Gasteiger partial charge in [0.05, 0.1) is 0 Å². The Morgan fingerprint density at radius 3 is 2.23 bits per heavy atom. The van der Waals surface area contributed by atoms with E-state index in [0.717, 1.165) is 46.6 Å². The second-order valence-electron chi connectivity index (χ2n) is 6.28. The second kappa shape index (κ2) is 9.98. The maximum absolute atomic E-state index is 6.40. The summed E-state index contributed by atoms with van der Waals surface area (Å²) in [5.74, 6) is 1.64. The van der Waals surface area contributed by atoms with Crippen molar-refractivity contribution in [2.45, 2.75) is 25.7 Å². The Morgan fingerprint density at radius 2 is 1.46 bits per heavy atom. The largest absolute Gasteiger partial charge is 0.457 e. The Bertz CT molecular complexity index is 833. The highest BCUT2D eigenvalue weighted by molar-refractivity contribution is 14.1. The number of ether oxygens (including phenoxy) is 1. The van der Waals surface area contributed by atoms with E-state index in [9.17, 15) is 0 Å². The molecule has 0 saturated carbocycles. The molecule has 0 unspecified atom stereocenters. The maximum Gasteiger partial charge on any atom is 0.128 e. The Hall–Kier alpha value is -1.52. The highest BCUT2D eigenvalue weighted by Gasteiger charge is 2.05. The Kier molecular flexibility index (Phi) is 7.39. The SMILES string of the molecule is Clc1cc(Oc2cccc(CCc3ccccc3)c2)ccc1CCCI. The van der Waals surface area contributed by atoms with E-state index in [1.807, 2.05) is 24.3 Å². The van der Waals surface area contributed by atoms with Crippen LogP contribution in [-0.4, -0.2) is 4.43 Å². The van der Waals surface area contributed by atoms with Gasteiger partial charge in [-0.15, -0.1) is 0 Å². The summed E-state index contributed by atoms with van der Waals surface area (Å²) in [5.41, 5.74) is 3.82. The molecular formula is C23H22ClIO. The van der Waals surface area contributed by atoms with E-state index in [1.54, 1.807) is 0 Å². The number of hydrogen-bond acceptors (Lipinski definition) is 1. The lowest BCUT2D eigenvalue weighted by molar-refractivity contribution is 0.481. The lowest BCUT2D eigenvalue weighted by atomic mass is 10.0. The lowest BCUT2D eigenvalue weighted by Gasteiger charge is -2.10. The van der Waals surface area contributed by atoms with Crippen LogP contribution in [0.1, 0.15) is 23.1 Å². The summed E-state index contributed by atoms with van der Waals surface area (Å²) in [6.45, 7) is 0. The van der Waals surface area contributed by atoms with Crippen molar-refractivity contribution in [1.82, 2.24) is 0 Å². The van der Waals surface area contributed by atoms with Gasteiger partial charge in [-0.2, -0.15) is 0 Å². The zero-order valence-electron chi connectivity index (χ0n) is 14.6. The molecule has 0 amide bonds. The van der Waals surface area contributed by atoms with E-state index in [4.69, 9.17) is 16.3 Å². The zero-order valence-corrected chi connectivity index (χ0v) is 17.5. The molecule has 3 aromatic carbocycles. The first-order valence-corrected chi connectivity index (χ1v) is 10.8. The molecule has 0 aliphatic carbocycles. The van der Waals surface area contributed by atoms with Crippen LogP contribution in [0.25, 0.3) is 0 Å². The van der Waals surface area contributed by atoms with Crippen molar-refractivity contribution >= 4 is 34.2 Å². The van der Waals surface area contributed by atoms with Gasteiger partial charge in [0.1, 0.15) is 11.5 Å². The van der Waals surface area contributed by atoms with Crippen molar-refractivity contribution in [1.29, 1.82) is 0 Å². The van der Waals surface area contributed by atoms with Gasteiger partial charge in [0.2, 0.25) is 0 Å². The summed E-state index contributed by atoms with van der Waals surface area (Å²) in [5, 5.41) is 0.785. The van der Waals surface area contributed by atoms with Crippen molar-refractivity contribution in [3.05, 3.63) is 94.5 Å². The molecule has 0 atom stereocenters. The van der Waals surface area contributed by atoms with Crippen molar-refractivity contribution in [2.75, 3.05) is 4.43 Å². The summed E-state index contributed by atoms with van der Waals surface area (Å²) < 4.78 is 7.17. The minimum Gasteiger partial charge on any atom is -0.457 e. The zero-order chi connectivity index (χ0) is 18.2. The number of rotatable bonds is 8. The molecule has 3 heteroatoms. The summed E-state index contributed by atoms with van der Waals surface area (Å²) in [4.78, 5) is 0. The molecule has 0 saturated heterocycles. The van der Waals surface area contributed by atoms with Crippen LogP contribution in [0.3, 0.4) is 0 Å². The van der Waals surface area contributed by atoms with Crippen LogP contribution in [0, 0.1) is 0 Å². The Labute approximate surface area is 174 Å². The number of hydrogen-bond donors (Lipinski definition) is 0. The molecule has 1 nitrogen and oxygen atoms in total. The van der Waals surface area contributed by atoms with Crippen LogP contribution in [0.4, 0.5) is 0 Å². The fourth-order valence-electron chi connectivity index (χ4n) is 2.89. The van der Waals surface area contributed by atoms with Crippen LogP contribution >= 0.6 is 34.2 Å². The predicted octanol–water partition coefficient (Wildman–Crippen LogP) is 7.29. The molecule has 0 aliphatic heterocycles. The topological polar surface area (TPSA) is 9.23 Å². The van der Waals surface area contributed by atoms with E-state index in [-0.39, 0.29) is 0 Å². The summed E-state index contributed by atoms with van der Waals surface area (Å²) in [6, 6.07) is 24.9. The van der Waals surface area contributed by atoms with Crippen LogP contribution in [0.5, 0.6) is 11.5 Å². The molecule has 0 aromatic heterocycles. The van der Waals surface area contributed by atoms with Gasteiger partial charge < -0.3 is 4.74 Å². The van der Waals surface area contributed by atoms with Crippen LogP contribution in [-0.2, 0) is 19.3 Å². The Morgan fingerprint density at radius 1 is 0.731 bits per heavy atom. The van der Waals surface area contributed by atoms with E-state index >= 15 is 0 Å². The first-order chi connectivity index (χ1) is 12.7. The lowest BCUT2D eigenvalue weighted by Crippen LogP contribution is -1.93. The van der Waals surface area contributed by atoms with Gasteiger partial charge in [-0.1, -0.05) is 82.7 Å². The molecule has 0 aliphatic rings. The minimum absolute atomic E-state index is 0.785. The van der Waals surface area contributed by atoms with Crippen molar-refractivity contribution in [2.24, 2.45) is 0 Å². The average Bonchev–Trinajstić information content (AvgIpc) is 2.67. The van der Waals surface area contributed by atoms with Gasteiger partial charge in [0.15, 0.2) is 0 Å². The first kappa shape index (κ1) is 19.2. The quantitative estimate of drug-likeness (QED) is 0.245. The number of halogens is 2. The molecule has 26 heavy (non-hydrogen) atoms. The van der Waals surface area contributed by atoms with Crippen LogP contribution in [0.15, 0.2) is 72.8 Å². The van der Waals surface area contributed by atoms with Crippen LogP contribution < -0.4 is 4.74 Å². The third-order valence-electron chi connectivity index (χ3n) is 4.28. The highest BCUT2D eigenvalue weighted by atomic mass is 127. The summed E-state index contributed by atoms with van der Waals surface area (Å²) >= 11 is 8.79. The van der Waals surface area contributed by atoms with E-state index in [2.05, 4.69) is 71.1 Å². The minimum atomic E-state index is 0.785. The van der Waals surface area contributed by atoms with Gasteiger partial charge in [-0.05, 0) is 71.1 Å². The fourth-order valence-corrected chi connectivity index (χ4v) is 3.53. The predicted molar refractivity (Wildman–Crippen MR) is 119 cm³/mol. The van der Waals surface area contributed by atoms with Gasteiger partial charge in [0, 0.05) is 5.02 Å². The van der Waals surface area contributed by atoms with E-state index in [1.165, 1.54) is 16.7 Å². The average molecular weight is 477 g/mol. The van der Waals surface area contributed by atoms with Gasteiger partial charge in [-0.25, -0.2) is 0 Å². The molecule has 134 valence electrons. The third-order valence-corrected chi connectivity index (χ3v) is 5.40. The van der Waals surface area contributed by atoms with Gasteiger partial charge in [0.25, 0.3) is 0 Å². The maximum atomic E-state index is 6.40. The highest BCUT2D eigenvalue weighted by Crippen LogP contribution is 2.28. The molecule has 3 aromatic rings. The van der Waals surface area contributed by atoms with E-state index in [0.29, 0.717) is 0 Å². The normalized spacial score (nSPS) is 10.7. The number of alkyl halides is 1. The molecule has 0 heterocycles. The Balaban J connectivity index is 1.64. The van der Waals surface area contributed by atoms with Crippen molar-refractivity contribution in [3.63, 3.8) is 0 Å².